The van der Waals surface area contributed by atoms with Crippen molar-refractivity contribution in [3.05, 3.63) is 29.6 Å². The normalized spacial score (nSPS) is 28.7. The number of aromatic amines is 1. The average molecular weight is 352 g/mol. The molecule has 7 heteroatoms. The topological polar surface area (TPSA) is 79.7 Å². The van der Waals surface area contributed by atoms with Crippen molar-refractivity contribution in [1.82, 2.24) is 29.9 Å². The Balaban J connectivity index is 1.23. The van der Waals surface area contributed by atoms with Gasteiger partial charge in [-0.1, -0.05) is 0 Å². The number of likely N-dealkylation sites (tertiary alicyclic amines) is 1. The third kappa shape index (κ3) is 2.56. The van der Waals surface area contributed by atoms with Crippen molar-refractivity contribution < 1.29 is 4.79 Å². The molecular weight excluding hydrogens is 328 g/mol. The molecule has 0 spiro atoms. The quantitative estimate of drug-likeness (QED) is 0.896. The van der Waals surface area contributed by atoms with Crippen LogP contribution in [0.25, 0.3) is 0 Å². The van der Waals surface area contributed by atoms with Gasteiger partial charge in [-0.3, -0.25) is 14.6 Å². The van der Waals surface area contributed by atoms with Gasteiger partial charge in [0, 0.05) is 31.1 Å². The summed E-state index contributed by atoms with van der Waals surface area (Å²) in [5, 5.41) is 12.0. The van der Waals surface area contributed by atoms with Crippen molar-refractivity contribution in [1.29, 1.82) is 0 Å². The van der Waals surface area contributed by atoms with Gasteiger partial charge in [0.1, 0.15) is 5.82 Å². The number of carbonyl (C=O) groups is 1. The first-order valence-electron chi connectivity index (χ1n) is 10.0. The first-order valence-corrected chi connectivity index (χ1v) is 10.0. The summed E-state index contributed by atoms with van der Waals surface area (Å²) in [6.07, 6.45) is 11.0. The maximum atomic E-state index is 13.0. The third-order valence-electron chi connectivity index (χ3n) is 6.46. The number of H-pyrrole nitrogens is 1. The molecule has 136 valence electrons. The Hall–Kier alpha value is -2.18. The molecule has 1 N–H and O–H groups in total. The first kappa shape index (κ1) is 14.9. The fourth-order valence-corrected chi connectivity index (χ4v) is 4.43. The maximum absolute atomic E-state index is 13.0. The molecule has 7 nitrogen and oxygen atoms in total. The molecule has 0 unspecified atom stereocenters. The van der Waals surface area contributed by atoms with Gasteiger partial charge in [0.15, 0.2) is 5.82 Å². The standard InChI is InChI=1S/C19H24N6O/c26-19(13-7-20-25(8-13)14-5-6-14)24-9-15(11-1-2-11)16(10-24)18-21-17(22-23-18)12-3-4-12/h7-8,11-12,14-16H,1-6,9-10H2,(H,21,22,23)/t15-,16+/m1/s1. The molecule has 0 radical (unpaired) electrons. The van der Waals surface area contributed by atoms with Gasteiger partial charge in [0.2, 0.25) is 0 Å². The van der Waals surface area contributed by atoms with Crippen LogP contribution in [-0.2, 0) is 0 Å². The molecule has 2 atom stereocenters. The van der Waals surface area contributed by atoms with Crippen LogP contribution < -0.4 is 0 Å². The highest BCUT2D eigenvalue weighted by molar-refractivity contribution is 5.94. The maximum Gasteiger partial charge on any atom is 0.257 e. The van der Waals surface area contributed by atoms with Crippen molar-refractivity contribution in [3.63, 3.8) is 0 Å². The van der Waals surface area contributed by atoms with E-state index in [1.807, 2.05) is 15.8 Å². The summed E-state index contributed by atoms with van der Waals surface area (Å²) in [4.78, 5) is 19.8. The molecule has 3 saturated carbocycles. The number of aromatic nitrogens is 5. The van der Waals surface area contributed by atoms with E-state index in [1.165, 1.54) is 38.5 Å². The van der Waals surface area contributed by atoms with Crippen molar-refractivity contribution >= 4 is 5.91 Å². The molecule has 0 aromatic carbocycles. The molecule has 4 aliphatic rings. The summed E-state index contributed by atoms with van der Waals surface area (Å²) in [7, 11) is 0. The Morgan fingerprint density at radius 1 is 1.12 bits per heavy atom. The highest BCUT2D eigenvalue weighted by atomic mass is 16.2. The van der Waals surface area contributed by atoms with Crippen molar-refractivity contribution in [2.75, 3.05) is 13.1 Å². The lowest BCUT2D eigenvalue weighted by Crippen LogP contribution is -2.28. The smallest absolute Gasteiger partial charge is 0.257 e. The van der Waals surface area contributed by atoms with Gasteiger partial charge in [-0.2, -0.15) is 10.2 Å². The van der Waals surface area contributed by atoms with Crippen LogP contribution in [0.2, 0.25) is 0 Å². The number of nitrogens with one attached hydrogen (secondary N) is 1. The average Bonchev–Trinajstić information content (AvgIpc) is 3.62. The zero-order valence-electron chi connectivity index (χ0n) is 14.8. The number of carbonyl (C=O) groups excluding carboxylic acids is 1. The summed E-state index contributed by atoms with van der Waals surface area (Å²) < 4.78 is 1.96. The molecule has 3 heterocycles. The summed E-state index contributed by atoms with van der Waals surface area (Å²) >= 11 is 0. The Morgan fingerprint density at radius 3 is 2.69 bits per heavy atom. The molecule has 1 amide bonds. The van der Waals surface area contributed by atoms with Gasteiger partial charge in [0.05, 0.1) is 17.8 Å². The van der Waals surface area contributed by atoms with Crippen LogP contribution in [0, 0.1) is 11.8 Å². The Morgan fingerprint density at radius 2 is 1.96 bits per heavy atom. The number of nitrogens with zero attached hydrogens (tertiary/aromatic N) is 5. The van der Waals surface area contributed by atoms with Crippen LogP contribution in [0.3, 0.4) is 0 Å². The second-order valence-electron chi connectivity index (χ2n) is 8.61. The van der Waals surface area contributed by atoms with Gasteiger partial charge in [0.25, 0.3) is 5.91 Å². The zero-order chi connectivity index (χ0) is 17.3. The second kappa shape index (κ2) is 5.41. The molecule has 1 saturated heterocycles. The lowest BCUT2D eigenvalue weighted by molar-refractivity contribution is 0.0784. The van der Waals surface area contributed by atoms with E-state index in [0.29, 0.717) is 23.8 Å². The van der Waals surface area contributed by atoms with E-state index < -0.39 is 0 Å². The van der Waals surface area contributed by atoms with Crippen LogP contribution in [0.15, 0.2) is 12.4 Å². The second-order valence-corrected chi connectivity index (χ2v) is 8.61. The first-order chi connectivity index (χ1) is 12.8. The zero-order valence-corrected chi connectivity index (χ0v) is 14.8. The van der Waals surface area contributed by atoms with E-state index >= 15 is 0 Å². The van der Waals surface area contributed by atoms with Crippen molar-refractivity contribution in [2.45, 2.75) is 56.4 Å². The largest absolute Gasteiger partial charge is 0.337 e. The Kier molecular flexibility index (Phi) is 3.11. The number of hydrogen-bond donors (Lipinski definition) is 1. The summed E-state index contributed by atoms with van der Waals surface area (Å²) in [6.45, 7) is 1.58. The monoisotopic (exact) mass is 352 g/mol. The Bertz CT molecular complexity index is 844. The van der Waals surface area contributed by atoms with Crippen LogP contribution in [0.5, 0.6) is 0 Å². The minimum absolute atomic E-state index is 0.118. The van der Waals surface area contributed by atoms with Crippen LogP contribution in [0.1, 0.15) is 78.4 Å². The van der Waals surface area contributed by atoms with E-state index in [2.05, 4.69) is 15.3 Å². The molecule has 1 aliphatic heterocycles. The summed E-state index contributed by atoms with van der Waals surface area (Å²) in [5.41, 5.74) is 0.725. The number of rotatable bonds is 5. The van der Waals surface area contributed by atoms with E-state index in [1.54, 1.807) is 6.20 Å². The minimum atomic E-state index is 0.118. The molecule has 2 aromatic heterocycles. The summed E-state index contributed by atoms with van der Waals surface area (Å²) in [6, 6.07) is 0.511. The van der Waals surface area contributed by atoms with Crippen LogP contribution in [-0.4, -0.2) is 48.9 Å². The van der Waals surface area contributed by atoms with E-state index in [0.717, 1.165) is 36.2 Å². The molecule has 3 aliphatic carbocycles. The van der Waals surface area contributed by atoms with Crippen LogP contribution >= 0.6 is 0 Å². The van der Waals surface area contributed by atoms with Gasteiger partial charge in [-0.05, 0) is 50.4 Å². The minimum Gasteiger partial charge on any atom is -0.337 e. The lowest BCUT2D eigenvalue weighted by atomic mass is 9.91. The van der Waals surface area contributed by atoms with E-state index in [4.69, 9.17) is 4.98 Å². The van der Waals surface area contributed by atoms with Gasteiger partial charge >= 0.3 is 0 Å². The van der Waals surface area contributed by atoms with Gasteiger partial charge < -0.3 is 4.90 Å². The fourth-order valence-electron chi connectivity index (χ4n) is 4.43. The van der Waals surface area contributed by atoms with Crippen molar-refractivity contribution in [2.24, 2.45) is 11.8 Å². The van der Waals surface area contributed by atoms with Crippen molar-refractivity contribution in [3.8, 4) is 0 Å². The predicted molar refractivity (Wildman–Crippen MR) is 93.7 cm³/mol. The van der Waals surface area contributed by atoms with Gasteiger partial charge in [-0.25, -0.2) is 4.98 Å². The molecule has 6 rings (SSSR count). The van der Waals surface area contributed by atoms with Crippen LogP contribution in [0.4, 0.5) is 0 Å². The highest BCUT2D eigenvalue weighted by Gasteiger charge is 2.46. The van der Waals surface area contributed by atoms with E-state index in [-0.39, 0.29) is 5.91 Å². The van der Waals surface area contributed by atoms with E-state index in [9.17, 15) is 4.79 Å². The number of amides is 1. The third-order valence-corrected chi connectivity index (χ3v) is 6.46. The molecule has 26 heavy (non-hydrogen) atoms. The van der Waals surface area contributed by atoms with Gasteiger partial charge in [-0.15, -0.1) is 0 Å². The molecular formula is C19H24N6O. The molecule has 4 fully saturated rings. The summed E-state index contributed by atoms with van der Waals surface area (Å²) in [5.74, 6) is 4.19. The fraction of sp³-hybridized carbons (Fsp3) is 0.684. The Labute approximate surface area is 152 Å². The lowest BCUT2D eigenvalue weighted by Gasteiger charge is -2.15. The SMILES string of the molecule is O=C(c1cnn(C2CC2)c1)N1C[C@H](c2nc(C3CC3)n[nH]2)[C@@H](C2CC2)C1. The molecule has 2 aromatic rings. The molecule has 0 bridgehead atoms. The number of hydrogen-bond acceptors (Lipinski definition) is 4. The predicted octanol–water partition coefficient (Wildman–Crippen LogP) is 2.48. The highest BCUT2D eigenvalue weighted by Crippen LogP contribution is 2.47.